The molecule has 0 bridgehead atoms. The monoisotopic (exact) mass is 344 g/mol. The average Bonchev–Trinajstić information content (AvgIpc) is 2.46. The Morgan fingerprint density at radius 2 is 2.00 bits per heavy atom. The summed E-state index contributed by atoms with van der Waals surface area (Å²) < 4.78 is 35.1. The molecule has 23 heavy (non-hydrogen) atoms. The summed E-state index contributed by atoms with van der Waals surface area (Å²) in [7, 11) is 1.57. The van der Waals surface area contributed by atoms with Gasteiger partial charge in [-0.25, -0.2) is 5.84 Å². The summed E-state index contributed by atoms with van der Waals surface area (Å²) in [4.78, 5) is 0. The molecule has 0 heterocycles. The van der Waals surface area contributed by atoms with Crippen molar-refractivity contribution in [3.8, 4) is 17.2 Å². The van der Waals surface area contributed by atoms with Gasteiger partial charge in [-0.2, -0.15) is 8.78 Å². The Kier molecular flexibility index (Phi) is 5.46. The van der Waals surface area contributed by atoms with Crippen molar-refractivity contribution in [2.45, 2.75) is 13.2 Å². The minimum Gasteiger partial charge on any atom is -0.508 e. The molecule has 8 heteroatoms. The average molecular weight is 345 g/mol. The van der Waals surface area contributed by atoms with Crippen molar-refractivity contribution in [2.24, 2.45) is 5.84 Å². The summed E-state index contributed by atoms with van der Waals surface area (Å²) >= 11 is 5.95. The fourth-order valence-electron chi connectivity index (χ4n) is 1.99. The van der Waals surface area contributed by atoms with Crippen LogP contribution < -0.4 is 20.3 Å². The van der Waals surface area contributed by atoms with E-state index in [2.05, 4.69) is 4.74 Å². The third-order valence-corrected chi connectivity index (χ3v) is 3.29. The van der Waals surface area contributed by atoms with Crippen LogP contribution in [-0.2, 0) is 6.61 Å². The molecule has 0 radical (unpaired) electrons. The van der Waals surface area contributed by atoms with E-state index < -0.39 is 6.61 Å². The van der Waals surface area contributed by atoms with Gasteiger partial charge in [-0.15, -0.1) is 0 Å². The molecule has 2 aromatic rings. The summed E-state index contributed by atoms with van der Waals surface area (Å²) in [5.41, 5.74) is 0.819. The summed E-state index contributed by atoms with van der Waals surface area (Å²) in [6.07, 6.45) is 0. The number of rotatable bonds is 6. The number of nitrogens with two attached hydrogens (primary N) is 1. The van der Waals surface area contributed by atoms with Crippen molar-refractivity contribution in [1.29, 1.82) is 0 Å². The van der Waals surface area contributed by atoms with Gasteiger partial charge >= 0.3 is 6.61 Å². The van der Waals surface area contributed by atoms with Gasteiger partial charge in [0.2, 0.25) is 0 Å². The van der Waals surface area contributed by atoms with E-state index in [9.17, 15) is 13.9 Å². The van der Waals surface area contributed by atoms with Crippen LogP contribution in [0, 0.1) is 0 Å². The largest absolute Gasteiger partial charge is 0.508 e. The molecule has 0 amide bonds. The molecule has 5 nitrogen and oxygen atoms in total. The highest BCUT2D eigenvalue weighted by molar-refractivity contribution is 6.32. The number of hydrogen-bond acceptors (Lipinski definition) is 5. The lowest BCUT2D eigenvalue weighted by Gasteiger charge is -2.20. The van der Waals surface area contributed by atoms with Gasteiger partial charge in [-0.05, 0) is 24.3 Å². The molecule has 0 aromatic heterocycles. The predicted octanol–water partition coefficient (Wildman–Crippen LogP) is 3.54. The second kappa shape index (κ2) is 7.34. The molecular formula is C15H15ClF2N2O3. The zero-order chi connectivity index (χ0) is 17.0. The van der Waals surface area contributed by atoms with Crippen LogP contribution in [0.4, 0.5) is 14.5 Å². The first-order chi connectivity index (χ1) is 10.9. The quantitative estimate of drug-likeness (QED) is 0.619. The number of alkyl halides is 2. The first-order valence-electron chi connectivity index (χ1n) is 6.55. The predicted molar refractivity (Wildman–Crippen MR) is 83.1 cm³/mol. The van der Waals surface area contributed by atoms with Gasteiger partial charge in [0.15, 0.2) is 0 Å². The van der Waals surface area contributed by atoms with Gasteiger partial charge in [0.1, 0.15) is 23.9 Å². The number of hydrogen-bond donors (Lipinski definition) is 2. The topological polar surface area (TPSA) is 68.0 Å². The molecule has 0 saturated carbocycles. The Balaban J connectivity index is 2.29. The van der Waals surface area contributed by atoms with E-state index in [-0.39, 0.29) is 23.1 Å². The number of ether oxygens (including phenoxy) is 2. The van der Waals surface area contributed by atoms with Crippen molar-refractivity contribution in [2.75, 3.05) is 12.1 Å². The van der Waals surface area contributed by atoms with Crippen molar-refractivity contribution in [1.82, 2.24) is 0 Å². The maximum Gasteiger partial charge on any atom is 0.387 e. The van der Waals surface area contributed by atoms with E-state index in [1.165, 1.54) is 29.3 Å². The second-order valence-electron chi connectivity index (χ2n) is 4.65. The van der Waals surface area contributed by atoms with E-state index in [4.69, 9.17) is 22.2 Å². The number of hydrazine groups is 1. The van der Waals surface area contributed by atoms with Gasteiger partial charge in [0, 0.05) is 13.1 Å². The molecule has 0 aliphatic carbocycles. The van der Waals surface area contributed by atoms with Crippen LogP contribution in [0.2, 0.25) is 5.02 Å². The van der Waals surface area contributed by atoms with Crippen LogP contribution in [0.15, 0.2) is 36.4 Å². The lowest BCUT2D eigenvalue weighted by Crippen LogP contribution is -2.27. The molecule has 0 aliphatic rings. The van der Waals surface area contributed by atoms with E-state index in [1.807, 2.05) is 0 Å². The molecule has 0 atom stereocenters. The van der Waals surface area contributed by atoms with Gasteiger partial charge < -0.3 is 19.6 Å². The molecule has 2 aromatic carbocycles. The van der Waals surface area contributed by atoms with Gasteiger partial charge in [-0.1, -0.05) is 17.7 Å². The van der Waals surface area contributed by atoms with E-state index in [1.54, 1.807) is 19.2 Å². The summed E-state index contributed by atoms with van der Waals surface area (Å²) in [5, 5.41) is 10.8. The maximum atomic E-state index is 12.5. The number of nitrogens with zero attached hydrogens (tertiary/aromatic N) is 1. The third-order valence-electron chi connectivity index (χ3n) is 2.99. The summed E-state index contributed by atoms with van der Waals surface area (Å²) in [5.74, 6) is 5.96. The third kappa shape index (κ3) is 4.37. The van der Waals surface area contributed by atoms with Gasteiger partial charge in [-0.3, -0.25) is 0 Å². The molecule has 3 N–H and O–H groups in total. The lowest BCUT2D eigenvalue weighted by atomic mass is 10.1. The molecular weight excluding hydrogens is 330 g/mol. The normalized spacial score (nSPS) is 10.7. The molecule has 0 unspecified atom stereocenters. The smallest absolute Gasteiger partial charge is 0.387 e. The SMILES string of the molecule is CN(N)c1cccc(OC(F)F)c1COc1ccc(O)cc1Cl. The van der Waals surface area contributed by atoms with E-state index >= 15 is 0 Å². The second-order valence-corrected chi connectivity index (χ2v) is 5.05. The first kappa shape index (κ1) is 17.1. The minimum atomic E-state index is -2.97. The van der Waals surface area contributed by atoms with Crippen LogP contribution in [0.25, 0.3) is 0 Å². The highest BCUT2D eigenvalue weighted by Gasteiger charge is 2.16. The summed E-state index contributed by atoms with van der Waals surface area (Å²) in [6.45, 7) is -3.06. The zero-order valence-corrected chi connectivity index (χ0v) is 12.9. The fourth-order valence-corrected chi connectivity index (χ4v) is 2.22. The fraction of sp³-hybridized carbons (Fsp3) is 0.200. The Morgan fingerprint density at radius 1 is 1.26 bits per heavy atom. The lowest BCUT2D eigenvalue weighted by molar-refractivity contribution is -0.0508. The molecule has 0 spiro atoms. The first-order valence-corrected chi connectivity index (χ1v) is 6.92. The minimum absolute atomic E-state index is 0.00818. The van der Waals surface area contributed by atoms with Gasteiger partial charge in [0.05, 0.1) is 16.3 Å². The Labute approximate surface area is 136 Å². The van der Waals surface area contributed by atoms with Crippen LogP contribution >= 0.6 is 11.6 Å². The Bertz CT molecular complexity index is 684. The van der Waals surface area contributed by atoms with Crippen molar-refractivity contribution >= 4 is 17.3 Å². The van der Waals surface area contributed by atoms with E-state index in [0.717, 1.165) is 0 Å². The molecule has 2 rings (SSSR count). The molecule has 0 aliphatic heterocycles. The van der Waals surface area contributed by atoms with Crippen LogP contribution in [0.5, 0.6) is 17.2 Å². The standard InChI is InChI=1S/C15H15ClF2N2O3/c1-20(19)12-3-2-4-13(23-15(17)18)10(12)8-22-14-6-5-9(21)7-11(14)16/h2-7,15,21H,8,19H2,1H3. The Hall–Kier alpha value is -2.25. The maximum absolute atomic E-state index is 12.5. The number of halogens is 3. The van der Waals surface area contributed by atoms with Gasteiger partial charge in [0.25, 0.3) is 0 Å². The van der Waals surface area contributed by atoms with Crippen molar-refractivity contribution in [3.63, 3.8) is 0 Å². The number of benzene rings is 2. The Morgan fingerprint density at radius 3 is 2.61 bits per heavy atom. The van der Waals surface area contributed by atoms with Crippen molar-refractivity contribution in [3.05, 3.63) is 47.0 Å². The van der Waals surface area contributed by atoms with Crippen LogP contribution in [-0.4, -0.2) is 18.8 Å². The molecule has 0 saturated heterocycles. The summed E-state index contributed by atoms with van der Waals surface area (Å²) in [6, 6.07) is 8.78. The highest BCUT2D eigenvalue weighted by atomic mass is 35.5. The number of phenols is 1. The zero-order valence-electron chi connectivity index (χ0n) is 12.2. The highest BCUT2D eigenvalue weighted by Crippen LogP contribution is 2.33. The molecule has 124 valence electrons. The van der Waals surface area contributed by atoms with E-state index in [0.29, 0.717) is 17.0 Å². The van der Waals surface area contributed by atoms with Crippen LogP contribution in [0.1, 0.15) is 5.56 Å². The number of aromatic hydroxyl groups is 1. The van der Waals surface area contributed by atoms with Crippen molar-refractivity contribution < 1.29 is 23.4 Å². The molecule has 0 fully saturated rings. The number of anilines is 1. The number of phenolic OH excluding ortho intramolecular Hbond substituents is 1. The van der Waals surface area contributed by atoms with Crippen LogP contribution in [0.3, 0.4) is 0 Å².